The molecule has 0 aromatic heterocycles. The minimum atomic E-state index is -0.104. The third kappa shape index (κ3) is 3.60. The Morgan fingerprint density at radius 2 is 2.00 bits per heavy atom. The number of anilines is 1. The summed E-state index contributed by atoms with van der Waals surface area (Å²) in [6.45, 7) is 2.46. The molecule has 0 N–H and O–H groups in total. The first kappa shape index (κ1) is 16.9. The van der Waals surface area contributed by atoms with Gasteiger partial charge in [0, 0.05) is 11.6 Å². The summed E-state index contributed by atoms with van der Waals surface area (Å²) < 4.78 is 16.4. The molecule has 0 saturated heterocycles. The second-order valence-electron chi connectivity index (χ2n) is 5.79. The van der Waals surface area contributed by atoms with Crippen LogP contribution in [-0.4, -0.2) is 32.8 Å². The molecule has 2 aromatic rings. The Morgan fingerprint density at radius 3 is 2.76 bits per heavy atom. The summed E-state index contributed by atoms with van der Waals surface area (Å²) in [5.74, 6) is 2.01. The molecule has 1 amide bonds. The quantitative estimate of drug-likeness (QED) is 0.800. The van der Waals surface area contributed by atoms with E-state index in [1.54, 1.807) is 31.3 Å². The Kier molecular flexibility index (Phi) is 4.93. The minimum absolute atomic E-state index is 0.0568. The number of para-hydroxylation sites is 2. The lowest BCUT2D eigenvalue weighted by atomic mass is 10.1. The first-order valence-electron chi connectivity index (χ1n) is 8.09. The first-order valence-corrected chi connectivity index (χ1v) is 8.09. The average molecular weight is 339 g/mol. The van der Waals surface area contributed by atoms with Crippen LogP contribution in [0, 0.1) is 0 Å². The van der Waals surface area contributed by atoms with Crippen molar-refractivity contribution in [1.82, 2.24) is 0 Å². The highest BCUT2D eigenvalue weighted by Gasteiger charge is 2.25. The average Bonchev–Trinajstić information content (AvgIpc) is 2.65. The molecule has 3 rings (SSSR count). The van der Waals surface area contributed by atoms with Crippen molar-refractivity contribution in [3.8, 4) is 17.2 Å². The van der Waals surface area contributed by atoms with Gasteiger partial charge in [0.1, 0.15) is 23.4 Å². The van der Waals surface area contributed by atoms with E-state index in [0.717, 1.165) is 17.0 Å². The van der Waals surface area contributed by atoms with Crippen molar-refractivity contribution in [3.63, 3.8) is 0 Å². The zero-order chi connectivity index (χ0) is 17.8. The molecule has 0 radical (unpaired) electrons. The molecule has 1 aliphatic rings. The summed E-state index contributed by atoms with van der Waals surface area (Å²) in [7, 11) is 3.20. The maximum Gasteiger partial charge on any atom is 0.251 e. The van der Waals surface area contributed by atoms with E-state index < -0.39 is 0 Å². The number of ether oxygens (including phenoxy) is 3. The lowest BCUT2D eigenvalue weighted by Gasteiger charge is -2.32. The van der Waals surface area contributed by atoms with Crippen LogP contribution in [0.25, 0.3) is 6.08 Å². The highest BCUT2D eigenvalue weighted by molar-refractivity contribution is 6.05. The molecule has 1 heterocycles. The Bertz CT molecular complexity index is 800. The molecule has 0 spiro atoms. The number of amides is 1. The van der Waals surface area contributed by atoms with Gasteiger partial charge < -0.3 is 19.1 Å². The van der Waals surface area contributed by atoms with Crippen LogP contribution in [0.2, 0.25) is 0 Å². The molecule has 5 nitrogen and oxygen atoms in total. The fourth-order valence-corrected chi connectivity index (χ4v) is 2.82. The summed E-state index contributed by atoms with van der Waals surface area (Å²) in [5.41, 5.74) is 1.57. The van der Waals surface area contributed by atoms with Crippen molar-refractivity contribution >= 4 is 17.7 Å². The number of rotatable bonds is 4. The standard InChI is InChI=1S/C20H21NO4/c1-14-13-21(17-6-4-5-7-19(17)25-14)20(22)11-8-15-12-16(23-2)9-10-18(15)24-3/h4-12,14H,13H2,1-3H3/b11-8+. The number of hydrogen-bond donors (Lipinski definition) is 0. The van der Waals surface area contributed by atoms with E-state index >= 15 is 0 Å². The summed E-state index contributed by atoms with van der Waals surface area (Å²) in [5, 5.41) is 0. The fourth-order valence-electron chi connectivity index (χ4n) is 2.82. The molecule has 1 unspecified atom stereocenters. The van der Waals surface area contributed by atoms with Crippen molar-refractivity contribution in [2.75, 3.05) is 25.7 Å². The second-order valence-corrected chi connectivity index (χ2v) is 5.79. The molecule has 0 aliphatic carbocycles. The van der Waals surface area contributed by atoms with Gasteiger partial charge in [-0.3, -0.25) is 4.79 Å². The van der Waals surface area contributed by atoms with Crippen LogP contribution in [0.1, 0.15) is 12.5 Å². The van der Waals surface area contributed by atoms with Crippen molar-refractivity contribution in [1.29, 1.82) is 0 Å². The number of benzene rings is 2. The molecule has 1 aliphatic heterocycles. The Hall–Kier alpha value is -2.95. The third-order valence-electron chi connectivity index (χ3n) is 4.03. The fraction of sp³-hybridized carbons (Fsp3) is 0.250. The first-order chi connectivity index (χ1) is 12.1. The third-order valence-corrected chi connectivity index (χ3v) is 4.03. The maximum absolute atomic E-state index is 12.7. The highest BCUT2D eigenvalue weighted by atomic mass is 16.5. The van der Waals surface area contributed by atoms with Crippen LogP contribution in [0.5, 0.6) is 17.2 Å². The van der Waals surface area contributed by atoms with Crippen molar-refractivity contribution in [2.45, 2.75) is 13.0 Å². The van der Waals surface area contributed by atoms with Crippen molar-refractivity contribution < 1.29 is 19.0 Å². The molecule has 0 bridgehead atoms. The van der Waals surface area contributed by atoms with Gasteiger partial charge in [0.25, 0.3) is 5.91 Å². The van der Waals surface area contributed by atoms with E-state index in [9.17, 15) is 4.79 Å². The molecule has 25 heavy (non-hydrogen) atoms. The number of carbonyl (C=O) groups is 1. The summed E-state index contributed by atoms with van der Waals surface area (Å²) in [4.78, 5) is 14.5. The SMILES string of the molecule is COc1ccc(OC)c(/C=C/C(=O)N2CC(C)Oc3ccccc32)c1. The van der Waals surface area contributed by atoms with E-state index in [0.29, 0.717) is 18.0 Å². The van der Waals surface area contributed by atoms with Gasteiger partial charge in [-0.05, 0) is 43.3 Å². The zero-order valence-electron chi connectivity index (χ0n) is 14.6. The lowest BCUT2D eigenvalue weighted by molar-refractivity contribution is -0.114. The molecule has 5 heteroatoms. The second kappa shape index (κ2) is 7.30. The maximum atomic E-state index is 12.7. The smallest absolute Gasteiger partial charge is 0.251 e. The van der Waals surface area contributed by atoms with Crippen molar-refractivity contribution in [2.24, 2.45) is 0 Å². The number of hydrogen-bond acceptors (Lipinski definition) is 4. The summed E-state index contributed by atoms with van der Waals surface area (Å²) >= 11 is 0. The predicted molar refractivity (Wildman–Crippen MR) is 97.5 cm³/mol. The van der Waals surface area contributed by atoms with E-state index in [1.807, 2.05) is 49.4 Å². The van der Waals surface area contributed by atoms with E-state index in [1.165, 1.54) is 0 Å². The number of carbonyl (C=O) groups excluding carboxylic acids is 1. The number of methoxy groups -OCH3 is 2. The van der Waals surface area contributed by atoms with Gasteiger partial charge in [0.05, 0.1) is 26.5 Å². The van der Waals surface area contributed by atoms with E-state index in [-0.39, 0.29) is 12.0 Å². The van der Waals surface area contributed by atoms with E-state index in [4.69, 9.17) is 14.2 Å². The predicted octanol–water partition coefficient (Wildman–Crippen LogP) is 3.53. The highest BCUT2D eigenvalue weighted by Crippen LogP contribution is 2.33. The Morgan fingerprint density at radius 1 is 1.20 bits per heavy atom. The van der Waals surface area contributed by atoms with E-state index in [2.05, 4.69) is 0 Å². The van der Waals surface area contributed by atoms with Gasteiger partial charge in [-0.25, -0.2) is 0 Å². The van der Waals surface area contributed by atoms with Crippen LogP contribution in [0.4, 0.5) is 5.69 Å². The van der Waals surface area contributed by atoms with Gasteiger partial charge in [0.2, 0.25) is 0 Å². The molecule has 130 valence electrons. The molecule has 1 atom stereocenters. The lowest BCUT2D eigenvalue weighted by Crippen LogP contribution is -2.41. The van der Waals surface area contributed by atoms with Crippen LogP contribution in [-0.2, 0) is 4.79 Å². The topological polar surface area (TPSA) is 48.0 Å². The van der Waals surface area contributed by atoms with Gasteiger partial charge in [-0.15, -0.1) is 0 Å². The van der Waals surface area contributed by atoms with Crippen LogP contribution >= 0.6 is 0 Å². The largest absolute Gasteiger partial charge is 0.497 e. The summed E-state index contributed by atoms with van der Waals surface area (Å²) in [6, 6.07) is 13.0. The molecular formula is C20H21NO4. The van der Waals surface area contributed by atoms with Crippen LogP contribution < -0.4 is 19.1 Å². The number of nitrogens with zero attached hydrogens (tertiary/aromatic N) is 1. The van der Waals surface area contributed by atoms with Gasteiger partial charge >= 0.3 is 0 Å². The number of fused-ring (bicyclic) bond motifs is 1. The minimum Gasteiger partial charge on any atom is -0.497 e. The van der Waals surface area contributed by atoms with Crippen molar-refractivity contribution in [3.05, 3.63) is 54.1 Å². The van der Waals surface area contributed by atoms with Gasteiger partial charge in [-0.2, -0.15) is 0 Å². The monoisotopic (exact) mass is 339 g/mol. The summed E-state index contributed by atoms with van der Waals surface area (Å²) in [6.07, 6.45) is 3.23. The molecule has 0 fully saturated rings. The van der Waals surface area contributed by atoms with Gasteiger partial charge in [-0.1, -0.05) is 12.1 Å². The Labute approximate surface area is 147 Å². The van der Waals surface area contributed by atoms with Crippen LogP contribution in [0.15, 0.2) is 48.5 Å². The zero-order valence-corrected chi connectivity index (χ0v) is 14.6. The molecule has 0 saturated carbocycles. The molecular weight excluding hydrogens is 318 g/mol. The van der Waals surface area contributed by atoms with Crippen LogP contribution in [0.3, 0.4) is 0 Å². The molecule has 2 aromatic carbocycles. The normalized spacial score (nSPS) is 16.3. The van der Waals surface area contributed by atoms with Gasteiger partial charge in [0.15, 0.2) is 0 Å². The Balaban J connectivity index is 1.87.